The van der Waals surface area contributed by atoms with Crippen LogP contribution in [0.2, 0.25) is 0 Å². The van der Waals surface area contributed by atoms with Crippen LogP contribution in [-0.4, -0.2) is 11.9 Å². The maximum atomic E-state index is 12.4. The average molecular weight is 336 g/mol. The van der Waals surface area contributed by atoms with Crippen molar-refractivity contribution in [2.45, 2.75) is 56.9 Å². The maximum Gasteiger partial charge on any atom is 0.232 e. The van der Waals surface area contributed by atoms with Crippen molar-refractivity contribution < 1.29 is 4.79 Å². The molecule has 0 unspecified atom stereocenters. The van der Waals surface area contributed by atoms with Gasteiger partial charge in [0.1, 0.15) is 0 Å². The Bertz CT molecular complexity index is 704. The van der Waals surface area contributed by atoms with Crippen molar-refractivity contribution in [1.29, 1.82) is 0 Å². The van der Waals surface area contributed by atoms with Gasteiger partial charge in [0.15, 0.2) is 0 Å². The van der Waals surface area contributed by atoms with Crippen molar-refractivity contribution in [2.24, 2.45) is 11.5 Å². The third kappa shape index (κ3) is 3.09. The Hall–Kier alpha value is -2.13. The lowest BCUT2D eigenvalue weighted by molar-refractivity contribution is -0.122. The summed E-state index contributed by atoms with van der Waals surface area (Å²) in [6, 6.07) is 16.9. The zero-order chi connectivity index (χ0) is 17.9. The number of carbonyl (C=O) groups excluding carboxylic acids is 1. The Morgan fingerprint density at radius 2 is 1.52 bits per heavy atom. The quantitative estimate of drug-likeness (QED) is 0.881. The standard InChI is InChI=1S/C18H19NO.C4H9N/c1-2-3-12-18(17(19)20)15-10-6-4-8-13(15)14-9-5-7-11-16(14)18;5-4-2-1-3-4/h4-11H,2-3,12H2,1H3,(H2,19,20);4H,1-3,5H2. The van der Waals surface area contributed by atoms with Crippen LogP contribution in [0.1, 0.15) is 56.6 Å². The second kappa shape index (κ2) is 7.40. The van der Waals surface area contributed by atoms with Crippen molar-refractivity contribution in [3.05, 3.63) is 59.7 Å². The normalized spacial score (nSPS) is 16.9. The van der Waals surface area contributed by atoms with E-state index in [1.165, 1.54) is 19.3 Å². The van der Waals surface area contributed by atoms with Gasteiger partial charge in [-0.1, -0.05) is 74.7 Å². The average Bonchev–Trinajstić information content (AvgIpc) is 2.90. The summed E-state index contributed by atoms with van der Waals surface area (Å²) in [4.78, 5) is 12.4. The number of nitrogens with two attached hydrogens (primary N) is 2. The molecule has 1 amide bonds. The summed E-state index contributed by atoms with van der Waals surface area (Å²) in [7, 11) is 0. The van der Waals surface area contributed by atoms with Crippen LogP contribution in [-0.2, 0) is 10.2 Å². The minimum Gasteiger partial charge on any atom is -0.369 e. The number of rotatable bonds is 4. The van der Waals surface area contributed by atoms with E-state index in [4.69, 9.17) is 11.5 Å². The molecule has 0 aliphatic heterocycles. The van der Waals surface area contributed by atoms with E-state index in [-0.39, 0.29) is 5.91 Å². The van der Waals surface area contributed by atoms with Crippen LogP contribution in [0.5, 0.6) is 0 Å². The molecule has 1 fully saturated rings. The first-order valence-corrected chi connectivity index (χ1v) is 9.36. The van der Waals surface area contributed by atoms with Gasteiger partial charge >= 0.3 is 0 Å². The number of hydrogen-bond acceptors (Lipinski definition) is 2. The van der Waals surface area contributed by atoms with Gasteiger partial charge < -0.3 is 11.5 Å². The fraction of sp³-hybridized carbons (Fsp3) is 0.409. The highest BCUT2D eigenvalue weighted by Crippen LogP contribution is 2.51. The topological polar surface area (TPSA) is 69.1 Å². The molecule has 2 aliphatic rings. The number of benzene rings is 2. The van der Waals surface area contributed by atoms with Gasteiger partial charge in [-0.05, 0) is 41.5 Å². The third-order valence-corrected chi connectivity index (χ3v) is 5.54. The predicted molar refractivity (Wildman–Crippen MR) is 103 cm³/mol. The van der Waals surface area contributed by atoms with Crippen LogP contribution in [0.15, 0.2) is 48.5 Å². The van der Waals surface area contributed by atoms with Crippen LogP contribution in [0.3, 0.4) is 0 Å². The van der Waals surface area contributed by atoms with Gasteiger partial charge in [0.05, 0.1) is 5.41 Å². The molecule has 2 aromatic rings. The van der Waals surface area contributed by atoms with E-state index in [2.05, 4.69) is 31.2 Å². The molecule has 0 saturated heterocycles. The van der Waals surface area contributed by atoms with Gasteiger partial charge in [-0.2, -0.15) is 0 Å². The Kier molecular flexibility index (Phi) is 5.24. The first kappa shape index (κ1) is 17.7. The summed E-state index contributed by atoms with van der Waals surface area (Å²) in [5.41, 5.74) is 15.0. The smallest absolute Gasteiger partial charge is 0.232 e. The van der Waals surface area contributed by atoms with Crippen molar-refractivity contribution in [1.82, 2.24) is 0 Å². The van der Waals surface area contributed by atoms with Crippen molar-refractivity contribution in [2.75, 3.05) is 0 Å². The minimum atomic E-state index is -0.650. The molecule has 2 aliphatic carbocycles. The molecule has 2 aromatic carbocycles. The molecule has 0 aromatic heterocycles. The van der Waals surface area contributed by atoms with E-state index in [0.717, 1.165) is 41.5 Å². The molecule has 3 nitrogen and oxygen atoms in total. The minimum absolute atomic E-state index is 0.233. The maximum absolute atomic E-state index is 12.4. The lowest BCUT2D eigenvalue weighted by Crippen LogP contribution is -2.40. The Morgan fingerprint density at radius 3 is 1.88 bits per heavy atom. The number of unbranched alkanes of at least 4 members (excludes halogenated alkanes) is 1. The van der Waals surface area contributed by atoms with E-state index in [1.54, 1.807) is 0 Å². The molecule has 4 N–H and O–H groups in total. The molecule has 25 heavy (non-hydrogen) atoms. The van der Waals surface area contributed by atoms with Crippen molar-refractivity contribution in [3.8, 4) is 11.1 Å². The summed E-state index contributed by atoms with van der Waals surface area (Å²) in [5, 5.41) is 0. The molecule has 0 heterocycles. The number of primary amides is 1. The van der Waals surface area contributed by atoms with Crippen LogP contribution in [0, 0.1) is 0 Å². The zero-order valence-electron chi connectivity index (χ0n) is 15.0. The van der Waals surface area contributed by atoms with Gasteiger partial charge in [-0.3, -0.25) is 4.79 Å². The summed E-state index contributed by atoms with van der Waals surface area (Å²) < 4.78 is 0. The molecule has 4 rings (SSSR count). The monoisotopic (exact) mass is 336 g/mol. The Morgan fingerprint density at radius 1 is 1.04 bits per heavy atom. The van der Waals surface area contributed by atoms with E-state index >= 15 is 0 Å². The van der Waals surface area contributed by atoms with Gasteiger partial charge in [0.25, 0.3) is 0 Å². The predicted octanol–water partition coefficient (Wildman–Crippen LogP) is 4.13. The van der Waals surface area contributed by atoms with Crippen LogP contribution in [0.4, 0.5) is 0 Å². The number of amides is 1. The summed E-state index contributed by atoms with van der Waals surface area (Å²) in [5.74, 6) is -0.233. The molecule has 0 radical (unpaired) electrons. The van der Waals surface area contributed by atoms with Gasteiger partial charge in [-0.15, -0.1) is 0 Å². The molecule has 0 spiro atoms. The molecular formula is C22H28N2O. The highest BCUT2D eigenvalue weighted by Gasteiger charge is 2.46. The van der Waals surface area contributed by atoms with Gasteiger partial charge in [0.2, 0.25) is 5.91 Å². The third-order valence-electron chi connectivity index (χ3n) is 5.54. The van der Waals surface area contributed by atoms with E-state index in [1.807, 2.05) is 24.3 Å². The van der Waals surface area contributed by atoms with E-state index < -0.39 is 5.41 Å². The first-order chi connectivity index (χ1) is 12.1. The van der Waals surface area contributed by atoms with Crippen molar-refractivity contribution >= 4 is 5.91 Å². The van der Waals surface area contributed by atoms with Crippen LogP contribution >= 0.6 is 0 Å². The Labute approximate surface area is 150 Å². The lowest BCUT2D eigenvalue weighted by Gasteiger charge is -2.28. The number of fused-ring (bicyclic) bond motifs is 3. The molecular weight excluding hydrogens is 308 g/mol. The van der Waals surface area contributed by atoms with Gasteiger partial charge in [-0.25, -0.2) is 0 Å². The lowest BCUT2D eigenvalue weighted by atomic mass is 9.73. The number of carbonyl (C=O) groups is 1. The van der Waals surface area contributed by atoms with E-state index in [9.17, 15) is 4.79 Å². The largest absolute Gasteiger partial charge is 0.369 e. The zero-order valence-corrected chi connectivity index (χ0v) is 15.0. The Balaban J connectivity index is 0.000000314. The van der Waals surface area contributed by atoms with Crippen LogP contribution < -0.4 is 11.5 Å². The molecule has 132 valence electrons. The van der Waals surface area contributed by atoms with Gasteiger partial charge in [0, 0.05) is 6.04 Å². The highest BCUT2D eigenvalue weighted by atomic mass is 16.1. The first-order valence-electron chi connectivity index (χ1n) is 9.36. The highest BCUT2D eigenvalue weighted by molar-refractivity contribution is 5.99. The summed E-state index contributed by atoms with van der Waals surface area (Å²) in [6.07, 6.45) is 6.72. The second-order valence-corrected chi connectivity index (χ2v) is 7.16. The number of hydrogen-bond donors (Lipinski definition) is 2. The fourth-order valence-electron chi connectivity index (χ4n) is 3.87. The fourth-order valence-corrected chi connectivity index (χ4v) is 3.87. The van der Waals surface area contributed by atoms with Crippen molar-refractivity contribution in [3.63, 3.8) is 0 Å². The molecule has 1 saturated carbocycles. The molecule has 3 heteroatoms. The van der Waals surface area contributed by atoms with Crippen LogP contribution in [0.25, 0.3) is 11.1 Å². The molecule has 0 bridgehead atoms. The molecule has 0 atom stereocenters. The van der Waals surface area contributed by atoms with E-state index in [0.29, 0.717) is 6.04 Å². The second-order valence-electron chi connectivity index (χ2n) is 7.16. The summed E-state index contributed by atoms with van der Waals surface area (Å²) in [6.45, 7) is 2.14. The summed E-state index contributed by atoms with van der Waals surface area (Å²) >= 11 is 0. The SMILES string of the molecule is CCCCC1(C(N)=O)c2ccccc2-c2ccccc21.NC1CCC1.